The van der Waals surface area contributed by atoms with Gasteiger partial charge in [0.05, 0.1) is 5.69 Å². The average molecular weight is 177 g/mol. The number of aryl methyl sites for hydroxylation is 1. The molecule has 3 nitrogen and oxygen atoms in total. The monoisotopic (exact) mass is 177 g/mol. The minimum atomic E-state index is 0.0563. The van der Waals surface area contributed by atoms with E-state index in [1.165, 1.54) is 0 Å². The van der Waals surface area contributed by atoms with Gasteiger partial charge < -0.3 is 5.73 Å². The highest BCUT2D eigenvalue weighted by Crippen LogP contribution is 2.14. The molecule has 0 aliphatic heterocycles. The Morgan fingerprint density at radius 1 is 1.77 bits per heavy atom. The number of unbranched alkanes of at least 4 members (excludes halogenated alkanes) is 1. The number of hydrogen-bond donors (Lipinski definition) is 1. The summed E-state index contributed by atoms with van der Waals surface area (Å²) >= 11 is 0. The van der Waals surface area contributed by atoms with Gasteiger partial charge in [-0.15, -0.1) is 12.3 Å². The molecule has 13 heavy (non-hydrogen) atoms. The Hall–Kier alpha value is -1.27. The predicted molar refractivity (Wildman–Crippen MR) is 52.8 cm³/mol. The van der Waals surface area contributed by atoms with E-state index >= 15 is 0 Å². The lowest BCUT2D eigenvalue weighted by molar-refractivity contribution is 0.565. The first kappa shape index (κ1) is 9.82. The topological polar surface area (TPSA) is 43.8 Å². The molecule has 0 aliphatic rings. The number of hydrogen-bond acceptors (Lipinski definition) is 2. The second-order valence-corrected chi connectivity index (χ2v) is 3.08. The second-order valence-electron chi connectivity index (χ2n) is 3.08. The zero-order valence-corrected chi connectivity index (χ0v) is 7.90. The summed E-state index contributed by atoms with van der Waals surface area (Å²) in [5.74, 6) is 2.60. The van der Waals surface area contributed by atoms with Crippen LogP contribution in [-0.4, -0.2) is 9.78 Å². The molecule has 2 N–H and O–H groups in total. The lowest BCUT2D eigenvalue weighted by Crippen LogP contribution is -2.14. The molecule has 0 radical (unpaired) electrons. The van der Waals surface area contributed by atoms with E-state index in [2.05, 4.69) is 11.0 Å². The average Bonchev–Trinajstić information content (AvgIpc) is 2.52. The van der Waals surface area contributed by atoms with Crippen LogP contribution < -0.4 is 5.73 Å². The first-order valence-corrected chi connectivity index (χ1v) is 4.42. The number of nitrogens with two attached hydrogens (primary N) is 1. The Morgan fingerprint density at radius 3 is 3.08 bits per heavy atom. The fourth-order valence-electron chi connectivity index (χ4n) is 1.32. The van der Waals surface area contributed by atoms with Gasteiger partial charge in [0.2, 0.25) is 0 Å². The molecule has 0 saturated heterocycles. The van der Waals surface area contributed by atoms with E-state index in [0.29, 0.717) is 0 Å². The normalized spacial score (nSPS) is 12.4. The van der Waals surface area contributed by atoms with Crippen LogP contribution in [0.1, 0.15) is 31.0 Å². The number of terminal acetylenes is 1. The van der Waals surface area contributed by atoms with Crippen molar-refractivity contribution in [1.82, 2.24) is 9.78 Å². The molecule has 3 heteroatoms. The Kier molecular flexibility index (Phi) is 3.53. The Bertz CT molecular complexity index is 295. The van der Waals surface area contributed by atoms with Crippen molar-refractivity contribution in [3.05, 3.63) is 18.0 Å². The van der Waals surface area contributed by atoms with Gasteiger partial charge in [-0.3, -0.25) is 4.68 Å². The smallest absolute Gasteiger partial charge is 0.0548 e. The van der Waals surface area contributed by atoms with Gasteiger partial charge in [0.15, 0.2) is 0 Å². The standard InChI is InChI=1S/C10H15N3/c1-3-4-5-6-9(11)10-7-8-12-13(10)2/h1,7-9H,4-6,11H2,2H3. The summed E-state index contributed by atoms with van der Waals surface area (Å²) in [7, 11) is 1.90. The van der Waals surface area contributed by atoms with Gasteiger partial charge >= 0.3 is 0 Å². The third-order valence-electron chi connectivity index (χ3n) is 2.07. The summed E-state index contributed by atoms with van der Waals surface area (Å²) in [5.41, 5.74) is 7.02. The maximum atomic E-state index is 5.95. The van der Waals surface area contributed by atoms with Crippen molar-refractivity contribution >= 4 is 0 Å². The number of rotatable bonds is 4. The van der Waals surface area contributed by atoms with Gasteiger partial charge in [-0.1, -0.05) is 0 Å². The molecule has 1 heterocycles. The lowest BCUT2D eigenvalue weighted by Gasteiger charge is -2.10. The van der Waals surface area contributed by atoms with E-state index in [0.717, 1.165) is 25.0 Å². The molecule has 0 bridgehead atoms. The van der Waals surface area contributed by atoms with Crippen molar-refractivity contribution in [3.8, 4) is 12.3 Å². The maximum Gasteiger partial charge on any atom is 0.0548 e. The summed E-state index contributed by atoms with van der Waals surface area (Å²) in [4.78, 5) is 0. The van der Waals surface area contributed by atoms with Crippen LogP contribution in [0.3, 0.4) is 0 Å². The van der Waals surface area contributed by atoms with E-state index in [9.17, 15) is 0 Å². The number of aromatic nitrogens is 2. The largest absolute Gasteiger partial charge is 0.323 e. The molecule has 70 valence electrons. The summed E-state index contributed by atoms with van der Waals surface area (Å²) < 4.78 is 1.81. The minimum Gasteiger partial charge on any atom is -0.323 e. The van der Waals surface area contributed by atoms with Crippen molar-refractivity contribution in [2.75, 3.05) is 0 Å². The van der Waals surface area contributed by atoms with Gasteiger partial charge in [-0.05, 0) is 18.9 Å². The highest BCUT2D eigenvalue weighted by molar-refractivity contribution is 5.05. The molecule has 0 aromatic carbocycles. The minimum absolute atomic E-state index is 0.0563. The second kappa shape index (κ2) is 4.68. The van der Waals surface area contributed by atoms with Crippen LogP contribution >= 0.6 is 0 Å². The molecule has 0 aliphatic carbocycles. The number of nitrogens with zero attached hydrogens (tertiary/aromatic N) is 2. The van der Waals surface area contributed by atoms with Gasteiger partial charge in [-0.2, -0.15) is 5.10 Å². The maximum absolute atomic E-state index is 5.95. The van der Waals surface area contributed by atoms with Crippen LogP contribution in [0, 0.1) is 12.3 Å². The van der Waals surface area contributed by atoms with Crippen molar-refractivity contribution in [2.45, 2.75) is 25.3 Å². The zero-order valence-electron chi connectivity index (χ0n) is 7.90. The molecule has 1 rings (SSSR count). The van der Waals surface area contributed by atoms with Crippen LogP contribution in [-0.2, 0) is 7.05 Å². The summed E-state index contributed by atoms with van der Waals surface area (Å²) in [6, 6.07) is 2.00. The van der Waals surface area contributed by atoms with Crippen molar-refractivity contribution in [2.24, 2.45) is 12.8 Å². The van der Waals surface area contributed by atoms with Gasteiger partial charge in [0.25, 0.3) is 0 Å². The molecule has 0 fully saturated rings. The van der Waals surface area contributed by atoms with Crippen LogP contribution in [0.25, 0.3) is 0 Å². The highest BCUT2D eigenvalue weighted by Gasteiger charge is 2.08. The summed E-state index contributed by atoms with van der Waals surface area (Å²) in [6.07, 6.45) is 9.61. The van der Waals surface area contributed by atoms with Crippen LogP contribution in [0.4, 0.5) is 0 Å². The first-order valence-electron chi connectivity index (χ1n) is 4.42. The summed E-state index contributed by atoms with van der Waals surface area (Å²) in [5, 5.41) is 4.06. The molecule has 0 spiro atoms. The Morgan fingerprint density at radius 2 is 2.54 bits per heavy atom. The molecule has 1 atom stereocenters. The van der Waals surface area contributed by atoms with Gasteiger partial charge in [0, 0.05) is 25.7 Å². The lowest BCUT2D eigenvalue weighted by atomic mass is 10.1. The SMILES string of the molecule is C#CCCCC(N)c1ccnn1C. The molecular formula is C10H15N3. The Labute approximate surface area is 78.9 Å². The molecule has 1 unspecified atom stereocenters. The fraction of sp³-hybridized carbons (Fsp3) is 0.500. The summed E-state index contributed by atoms with van der Waals surface area (Å²) in [6.45, 7) is 0. The van der Waals surface area contributed by atoms with Gasteiger partial charge in [-0.25, -0.2) is 0 Å². The van der Waals surface area contributed by atoms with E-state index < -0.39 is 0 Å². The van der Waals surface area contributed by atoms with E-state index in [1.54, 1.807) is 10.9 Å². The van der Waals surface area contributed by atoms with Crippen molar-refractivity contribution in [3.63, 3.8) is 0 Å². The van der Waals surface area contributed by atoms with E-state index in [4.69, 9.17) is 12.2 Å². The third-order valence-corrected chi connectivity index (χ3v) is 2.07. The molecular weight excluding hydrogens is 162 g/mol. The zero-order chi connectivity index (χ0) is 9.68. The Balaban J connectivity index is 2.45. The van der Waals surface area contributed by atoms with Crippen LogP contribution in [0.2, 0.25) is 0 Å². The molecule has 0 amide bonds. The van der Waals surface area contributed by atoms with Crippen molar-refractivity contribution < 1.29 is 0 Å². The molecule has 1 aromatic rings. The quantitative estimate of drug-likeness (QED) is 0.555. The highest BCUT2D eigenvalue weighted by atomic mass is 15.3. The predicted octanol–water partition coefficient (Wildman–Crippen LogP) is 1.22. The van der Waals surface area contributed by atoms with E-state index in [1.807, 2.05) is 13.1 Å². The van der Waals surface area contributed by atoms with Gasteiger partial charge in [0.1, 0.15) is 0 Å². The molecule has 0 saturated carbocycles. The van der Waals surface area contributed by atoms with Crippen LogP contribution in [0.5, 0.6) is 0 Å². The molecule has 1 aromatic heterocycles. The van der Waals surface area contributed by atoms with E-state index in [-0.39, 0.29) is 6.04 Å². The fourth-order valence-corrected chi connectivity index (χ4v) is 1.32. The van der Waals surface area contributed by atoms with Crippen molar-refractivity contribution in [1.29, 1.82) is 0 Å². The third kappa shape index (κ3) is 2.60. The van der Waals surface area contributed by atoms with Crippen LogP contribution in [0.15, 0.2) is 12.3 Å². The first-order chi connectivity index (χ1) is 6.25.